The average Bonchev–Trinajstić information content (AvgIpc) is 2.54. The Morgan fingerprint density at radius 2 is 1.77 bits per heavy atom. The Balaban J connectivity index is 1.85. The van der Waals surface area contributed by atoms with Crippen LogP contribution in [0.4, 0.5) is 5.69 Å². The Kier molecular flexibility index (Phi) is 6.24. The van der Waals surface area contributed by atoms with E-state index in [1.807, 2.05) is 36.4 Å². The van der Waals surface area contributed by atoms with Gasteiger partial charge in [0.15, 0.2) is 6.61 Å². The summed E-state index contributed by atoms with van der Waals surface area (Å²) in [6.45, 7) is 4.37. The number of hydrogen-bond donors (Lipinski definition) is 1. The maximum absolute atomic E-state index is 11.9. The van der Waals surface area contributed by atoms with Gasteiger partial charge in [-0.3, -0.25) is 4.79 Å². The van der Waals surface area contributed by atoms with Crippen molar-refractivity contribution in [3.63, 3.8) is 0 Å². The van der Waals surface area contributed by atoms with Crippen molar-refractivity contribution in [2.24, 2.45) is 0 Å². The molecule has 4 heteroatoms. The maximum atomic E-state index is 11.9. The molecule has 2 aromatic carbocycles. The van der Waals surface area contributed by atoms with E-state index in [9.17, 15) is 4.79 Å². The van der Waals surface area contributed by atoms with Gasteiger partial charge in [0.1, 0.15) is 5.75 Å². The predicted octanol–water partition coefficient (Wildman–Crippen LogP) is 4.82. The molecule has 3 nitrogen and oxygen atoms in total. The van der Waals surface area contributed by atoms with E-state index >= 15 is 0 Å². The first-order chi connectivity index (χ1) is 10.6. The highest BCUT2D eigenvalue weighted by Gasteiger charge is 2.06. The van der Waals surface area contributed by atoms with Crippen molar-refractivity contribution in [3.8, 4) is 5.75 Å². The van der Waals surface area contributed by atoms with E-state index < -0.39 is 0 Å². The quantitative estimate of drug-likeness (QED) is 0.695. The summed E-state index contributed by atoms with van der Waals surface area (Å²) in [6.07, 6.45) is 1.11. The van der Waals surface area contributed by atoms with E-state index in [1.165, 1.54) is 5.56 Å². The van der Waals surface area contributed by atoms with E-state index in [4.69, 9.17) is 4.74 Å². The normalized spacial score (nSPS) is 11.8. The topological polar surface area (TPSA) is 38.3 Å². The van der Waals surface area contributed by atoms with E-state index in [0.29, 0.717) is 11.7 Å². The molecule has 0 unspecified atom stereocenters. The van der Waals surface area contributed by atoms with Gasteiger partial charge in [-0.25, -0.2) is 0 Å². The second-order valence-corrected chi connectivity index (χ2v) is 6.47. The van der Waals surface area contributed by atoms with Crippen molar-refractivity contribution in [1.82, 2.24) is 0 Å². The zero-order valence-corrected chi connectivity index (χ0v) is 15.0. The number of halogens is 1. The highest BCUT2D eigenvalue weighted by molar-refractivity contribution is 14.1. The molecule has 0 fully saturated rings. The molecule has 0 saturated carbocycles. The van der Waals surface area contributed by atoms with Crippen LogP contribution in [0.15, 0.2) is 48.5 Å². The third-order valence-electron chi connectivity index (χ3n) is 3.56. The van der Waals surface area contributed by atoms with Crippen LogP contribution in [0.2, 0.25) is 0 Å². The molecule has 0 bridgehead atoms. The van der Waals surface area contributed by atoms with Crippen LogP contribution in [0.5, 0.6) is 5.75 Å². The number of ether oxygens (including phenoxy) is 1. The molecule has 0 aliphatic carbocycles. The van der Waals surface area contributed by atoms with Crippen LogP contribution in [-0.4, -0.2) is 12.5 Å². The van der Waals surface area contributed by atoms with Gasteiger partial charge in [0.2, 0.25) is 0 Å². The molecule has 0 aliphatic rings. The van der Waals surface area contributed by atoms with E-state index in [2.05, 4.69) is 53.9 Å². The van der Waals surface area contributed by atoms with Crippen LogP contribution >= 0.6 is 22.6 Å². The number of nitrogens with one attached hydrogen (secondary N) is 1. The molecule has 2 rings (SSSR count). The Bertz CT molecular complexity index is 608. The molecule has 1 amide bonds. The van der Waals surface area contributed by atoms with Gasteiger partial charge in [0.05, 0.1) is 0 Å². The second-order valence-electron chi connectivity index (χ2n) is 5.22. The molecule has 0 aliphatic heterocycles. The van der Waals surface area contributed by atoms with Crippen LogP contribution in [-0.2, 0) is 4.79 Å². The first-order valence-electron chi connectivity index (χ1n) is 7.36. The Hall–Kier alpha value is -1.56. The van der Waals surface area contributed by atoms with Crippen LogP contribution in [0.3, 0.4) is 0 Å². The summed E-state index contributed by atoms with van der Waals surface area (Å²) in [7, 11) is 0. The average molecular weight is 409 g/mol. The first kappa shape index (κ1) is 16.8. The molecule has 1 N–H and O–H groups in total. The standard InChI is InChI=1S/C18H20INO2/c1-3-13(2)14-4-8-16(9-5-14)20-18(21)12-22-17-10-6-15(19)7-11-17/h4-11,13H,3,12H2,1-2H3,(H,20,21)/t13-/m1/s1. The summed E-state index contributed by atoms with van der Waals surface area (Å²) in [5.74, 6) is 1.08. The number of benzene rings is 2. The third-order valence-corrected chi connectivity index (χ3v) is 4.28. The van der Waals surface area contributed by atoms with Gasteiger partial charge >= 0.3 is 0 Å². The molecular formula is C18H20INO2. The van der Waals surface area contributed by atoms with Crippen LogP contribution in [0, 0.1) is 3.57 Å². The highest BCUT2D eigenvalue weighted by Crippen LogP contribution is 2.20. The molecule has 0 aromatic heterocycles. The van der Waals surface area contributed by atoms with Crippen molar-refractivity contribution in [3.05, 3.63) is 57.7 Å². The van der Waals surface area contributed by atoms with Crippen molar-refractivity contribution < 1.29 is 9.53 Å². The van der Waals surface area contributed by atoms with Crippen molar-refractivity contribution >= 4 is 34.2 Å². The Morgan fingerprint density at radius 3 is 2.36 bits per heavy atom. The smallest absolute Gasteiger partial charge is 0.262 e. The number of amides is 1. The minimum absolute atomic E-state index is 0.00765. The van der Waals surface area contributed by atoms with Gasteiger partial charge in [-0.1, -0.05) is 26.0 Å². The number of anilines is 1. The predicted molar refractivity (Wildman–Crippen MR) is 98.4 cm³/mol. The second kappa shape index (κ2) is 8.17. The van der Waals surface area contributed by atoms with Crippen LogP contribution in [0.1, 0.15) is 31.7 Å². The summed E-state index contributed by atoms with van der Waals surface area (Å²) in [6, 6.07) is 15.6. The molecule has 0 saturated heterocycles. The molecule has 0 heterocycles. The largest absolute Gasteiger partial charge is 0.484 e. The number of carbonyl (C=O) groups is 1. The Morgan fingerprint density at radius 1 is 1.14 bits per heavy atom. The Labute approximate surface area is 145 Å². The van der Waals surface area contributed by atoms with Crippen molar-refractivity contribution in [2.45, 2.75) is 26.2 Å². The van der Waals surface area contributed by atoms with Gasteiger partial charge in [0, 0.05) is 9.26 Å². The summed E-state index contributed by atoms with van der Waals surface area (Å²) in [4.78, 5) is 11.9. The molecule has 2 aromatic rings. The first-order valence-corrected chi connectivity index (χ1v) is 8.44. The van der Waals surface area contributed by atoms with Gasteiger partial charge < -0.3 is 10.1 Å². The van der Waals surface area contributed by atoms with Crippen molar-refractivity contribution in [2.75, 3.05) is 11.9 Å². The third kappa shape index (κ3) is 5.02. The zero-order chi connectivity index (χ0) is 15.9. The van der Waals surface area contributed by atoms with E-state index in [-0.39, 0.29) is 12.5 Å². The van der Waals surface area contributed by atoms with Crippen LogP contribution < -0.4 is 10.1 Å². The fourth-order valence-corrected chi connectivity index (χ4v) is 2.37. The molecule has 0 radical (unpaired) electrons. The van der Waals surface area contributed by atoms with Gasteiger partial charge in [-0.15, -0.1) is 0 Å². The van der Waals surface area contributed by atoms with Crippen LogP contribution in [0.25, 0.3) is 0 Å². The van der Waals surface area contributed by atoms with Gasteiger partial charge in [-0.05, 0) is 76.9 Å². The minimum atomic E-state index is -0.158. The maximum Gasteiger partial charge on any atom is 0.262 e. The molecule has 116 valence electrons. The fraction of sp³-hybridized carbons (Fsp3) is 0.278. The minimum Gasteiger partial charge on any atom is -0.484 e. The van der Waals surface area contributed by atoms with Gasteiger partial charge in [-0.2, -0.15) is 0 Å². The lowest BCUT2D eigenvalue weighted by molar-refractivity contribution is -0.118. The van der Waals surface area contributed by atoms with E-state index in [0.717, 1.165) is 15.7 Å². The lowest BCUT2D eigenvalue weighted by Gasteiger charge is -2.11. The highest BCUT2D eigenvalue weighted by atomic mass is 127. The molecule has 1 atom stereocenters. The summed E-state index contributed by atoms with van der Waals surface area (Å²) in [5.41, 5.74) is 2.08. The van der Waals surface area contributed by atoms with Crippen molar-refractivity contribution in [1.29, 1.82) is 0 Å². The monoisotopic (exact) mass is 409 g/mol. The molecular weight excluding hydrogens is 389 g/mol. The number of carbonyl (C=O) groups excluding carboxylic acids is 1. The zero-order valence-electron chi connectivity index (χ0n) is 12.8. The van der Waals surface area contributed by atoms with E-state index in [1.54, 1.807) is 0 Å². The lowest BCUT2D eigenvalue weighted by atomic mass is 9.99. The summed E-state index contributed by atoms with van der Waals surface area (Å²) < 4.78 is 6.59. The fourth-order valence-electron chi connectivity index (χ4n) is 2.01. The lowest BCUT2D eigenvalue weighted by Crippen LogP contribution is -2.20. The number of hydrogen-bond acceptors (Lipinski definition) is 2. The number of rotatable bonds is 6. The van der Waals surface area contributed by atoms with Gasteiger partial charge in [0.25, 0.3) is 5.91 Å². The SMILES string of the molecule is CC[C@@H](C)c1ccc(NC(=O)COc2ccc(I)cc2)cc1. The summed E-state index contributed by atoms with van der Waals surface area (Å²) >= 11 is 2.23. The molecule has 0 spiro atoms. The molecule has 22 heavy (non-hydrogen) atoms. The summed E-state index contributed by atoms with van der Waals surface area (Å²) in [5, 5.41) is 2.84.